The summed E-state index contributed by atoms with van der Waals surface area (Å²) in [5, 5.41) is 3.39. The number of benzene rings is 1. The van der Waals surface area contributed by atoms with Crippen molar-refractivity contribution in [2.75, 3.05) is 20.3 Å². The van der Waals surface area contributed by atoms with Crippen LogP contribution in [0.5, 0.6) is 5.75 Å². The molecule has 0 amide bonds. The molecule has 0 aliphatic rings. The first-order valence-electron chi connectivity index (χ1n) is 6.26. The molecule has 1 N–H and O–H groups in total. The molecule has 5 heteroatoms. The average Bonchev–Trinajstić information content (AvgIpc) is 2.34. The number of hydrogen-bond donors (Lipinski definition) is 1. The van der Waals surface area contributed by atoms with Crippen molar-refractivity contribution in [3.63, 3.8) is 0 Å². The molecule has 0 unspecified atom stereocenters. The SMILES string of the molecule is CCOc1c(Br)cc(CNCC(C)(C)OC)cc1Br. The molecule has 0 aromatic heterocycles. The third-order valence-electron chi connectivity index (χ3n) is 2.78. The molecule has 0 bridgehead atoms. The van der Waals surface area contributed by atoms with E-state index in [1.165, 1.54) is 5.56 Å². The Labute approximate surface area is 132 Å². The van der Waals surface area contributed by atoms with Gasteiger partial charge in [0, 0.05) is 20.2 Å². The highest BCUT2D eigenvalue weighted by atomic mass is 79.9. The van der Waals surface area contributed by atoms with Gasteiger partial charge < -0.3 is 14.8 Å². The fourth-order valence-corrected chi connectivity index (χ4v) is 3.09. The van der Waals surface area contributed by atoms with Crippen LogP contribution in [0, 0.1) is 0 Å². The second-order valence-corrected chi connectivity index (χ2v) is 6.60. The highest BCUT2D eigenvalue weighted by Crippen LogP contribution is 2.34. The van der Waals surface area contributed by atoms with Crippen molar-refractivity contribution in [3.05, 3.63) is 26.6 Å². The van der Waals surface area contributed by atoms with Gasteiger partial charge >= 0.3 is 0 Å². The maximum Gasteiger partial charge on any atom is 0.147 e. The van der Waals surface area contributed by atoms with E-state index >= 15 is 0 Å². The standard InChI is InChI=1S/C14H21Br2NO2/c1-5-19-13-11(15)6-10(7-12(13)16)8-17-9-14(2,3)18-4/h6-7,17H,5,8-9H2,1-4H3. The molecule has 0 atom stereocenters. The number of ether oxygens (including phenoxy) is 2. The van der Waals surface area contributed by atoms with Crippen molar-refractivity contribution < 1.29 is 9.47 Å². The Balaban J connectivity index is 2.66. The van der Waals surface area contributed by atoms with Crippen molar-refractivity contribution >= 4 is 31.9 Å². The Morgan fingerprint density at radius 2 is 1.79 bits per heavy atom. The molecule has 0 spiro atoms. The van der Waals surface area contributed by atoms with E-state index in [1.54, 1.807) is 7.11 Å². The van der Waals surface area contributed by atoms with E-state index in [4.69, 9.17) is 9.47 Å². The molecule has 0 saturated carbocycles. The quantitative estimate of drug-likeness (QED) is 0.754. The molecular weight excluding hydrogens is 374 g/mol. The lowest BCUT2D eigenvalue weighted by Gasteiger charge is -2.23. The predicted molar refractivity (Wildman–Crippen MR) is 85.8 cm³/mol. The monoisotopic (exact) mass is 393 g/mol. The molecule has 0 saturated heterocycles. The van der Waals surface area contributed by atoms with Crippen molar-refractivity contribution in [1.82, 2.24) is 5.32 Å². The van der Waals surface area contributed by atoms with Crippen LogP contribution in [0.3, 0.4) is 0 Å². The van der Waals surface area contributed by atoms with Crippen molar-refractivity contribution in [3.8, 4) is 5.75 Å². The van der Waals surface area contributed by atoms with Crippen LogP contribution in [0.25, 0.3) is 0 Å². The molecule has 1 aromatic rings. The predicted octanol–water partition coefficient (Wildman–Crippen LogP) is 4.12. The highest BCUT2D eigenvalue weighted by molar-refractivity contribution is 9.11. The number of hydrogen-bond acceptors (Lipinski definition) is 3. The van der Waals surface area contributed by atoms with Gasteiger partial charge in [-0.2, -0.15) is 0 Å². The Morgan fingerprint density at radius 3 is 2.26 bits per heavy atom. The fourth-order valence-electron chi connectivity index (χ4n) is 1.58. The normalized spacial score (nSPS) is 11.7. The summed E-state index contributed by atoms with van der Waals surface area (Å²) in [6.07, 6.45) is 0. The van der Waals surface area contributed by atoms with E-state index in [2.05, 4.69) is 63.2 Å². The first-order valence-corrected chi connectivity index (χ1v) is 7.85. The summed E-state index contributed by atoms with van der Waals surface area (Å²) in [4.78, 5) is 0. The van der Waals surface area contributed by atoms with E-state index in [0.717, 1.165) is 27.8 Å². The van der Waals surface area contributed by atoms with Gasteiger partial charge in [-0.3, -0.25) is 0 Å². The van der Waals surface area contributed by atoms with Gasteiger partial charge in [0.15, 0.2) is 0 Å². The first kappa shape index (κ1) is 17.0. The number of halogens is 2. The minimum Gasteiger partial charge on any atom is -0.492 e. The third-order valence-corrected chi connectivity index (χ3v) is 3.96. The maximum atomic E-state index is 5.56. The van der Waals surface area contributed by atoms with Gasteiger partial charge in [-0.1, -0.05) is 0 Å². The smallest absolute Gasteiger partial charge is 0.147 e. The molecule has 1 rings (SSSR count). The van der Waals surface area contributed by atoms with Gasteiger partial charge in [0.2, 0.25) is 0 Å². The second-order valence-electron chi connectivity index (χ2n) is 4.89. The third kappa shape index (κ3) is 5.42. The van der Waals surface area contributed by atoms with Gasteiger partial charge in [-0.15, -0.1) is 0 Å². The van der Waals surface area contributed by atoms with Crippen molar-refractivity contribution in [1.29, 1.82) is 0 Å². The van der Waals surface area contributed by atoms with Gasteiger partial charge in [0.05, 0.1) is 21.2 Å². The van der Waals surface area contributed by atoms with Crippen molar-refractivity contribution in [2.24, 2.45) is 0 Å². The molecule has 108 valence electrons. The van der Waals surface area contributed by atoms with Gasteiger partial charge in [-0.05, 0) is 70.3 Å². The largest absolute Gasteiger partial charge is 0.492 e. The summed E-state index contributed by atoms with van der Waals surface area (Å²) < 4.78 is 12.9. The average molecular weight is 395 g/mol. The van der Waals surface area contributed by atoms with Crippen LogP contribution in [0.15, 0.2) is 21.1 Å². The summed E-state index contributed by atoms with van der Waals surface area (Å²) in [5.74, 6) is 0.850. The first-order chi connectivity index (χ1) is 8.89. The molecule has 0 heterocycles. The van der Waals surface area contributed by atoms with Crippen LogP contribution in [-0.4, -0.2) is 25.9 Å². The van der Waals surface area contributed by atoms with Gasteiger partial charge in [0.25, 0.3) is 0 Å². The van der Waals surface area contributed by atoms with Crippen LogP contribution in [-0.2, 0) is 11.3 Å². The van der Waals surface area contributed by atoms with E-state index in [9.17, 15) is 0 Å². The Hall–Kier alpha value is -0.100. The maximum absolute atomic E-state index is 5.56. The zero-order chi connectivity index (χ0) is 14.5. The Morgan fingerprint density at radius 1 is 1.21 bits per heavy atom. The lowest BCUT2D eigenvalue weighted by molar-refractivity contribution is 0.0230. The molecule has 0 fully saturated rings. The molecular formula is C14H21Br2NO2. The highest BCUT2D eigenvalue weighted by Gasteiger charge is 2.15. The second kappa shape index (κ2) is 7.62. The van der Waals surface area contributed by atoms with Crippen LogP contribution in [0.2, 0.25) is 0 Å². The molecule has 1 aromatic carbocycles. The van der Waals surface area contributed by atoms with E-state index in [1.807, 2.05) is 6.92 Å². The summed E-state index contributed by atoms with van der Waals surface area (Å²) >= 11 is 7.07. The topological polar surface area (TPSA) is 30.5 Å². The Bertz CT molecular complexity index is 399. The molecule has 0 aliphatic carbocycles. The van der Waals surface area contributed by atoms with E-state index in [-0.39, 0.29) is 5.60 Å². The number of rotatable bonds is 7. The van der Waals surface area contributed by atoms with Gasteiger partial charge in [0.1, 0.15) is 5.75 Å². The summed E-state index contributed by atoms with van der Waals surface area (Å²) in [6, 6.07) is 4.14. The minimum atomic E-state index is -0.153. The van der Waals surface area contributed by atoms with Crippen LogP contribution >= 0.6 is 31.9 Å². The number of nitrogens with one attached hydrogen (secondary N) is 1. The van der Waals surface area contributed by atoms with E-state index in [0.29, 0.717) is 6.61 Å². The molecule has 3 nitrogen and oxygen atoms in total. The molecule has 0 aliphatic heterocycles. The van der Waals surface area contributed by atoms with Crippen LogP contribution in [0.4, 0.5) is 0 Å². The number of methoxy groups -OCH3 is 1. The zero-order valence-electron chi connectivity index (χ0n) is 11.8. The van der Waals surface area contributed by atoms with Crippen LogP contribution in [0.1, 0.15) is 26.3 Å². The van der Waals surface area contributed by atoms with Crippen LogP contribution < -0.4 is 10.1 Å². The lowest BCUT2D eigenvalue weighted by Crippen LogP contribution is -2.36. The summed E-state index contributed by atoms with van der Waals surface area (Å²) in [6.45, 7) is 8.33. The molecule has 19 heavy (non-hydrogen) atoms. The summed E-state index contributed by atoms with van der Waals surface area (Å²) in [5.41, 5.74) is 1.04. The van der Waals surface area contributed by atoms with Crippen molar-refractivity contribution in [2.45, 2.75) is 32.9 Å². The molecule has 0 radical (unpaired) electrons. The van der Waals surface area contributed by atoms with E-state index < -0.39 is 0 Å². The fraction of sp³-hybridized carbons (Fsp3) is 0.571. The van der Waals surface area contributed by atoms with Gasteiger partial charge in [-0.25, -0.2) is 0 Å². The minimum absolute atomic E-state index is 0.153. The summed E-state index contributed by atoms with van der Waals surface area (Å²) in [7, 11) is 1.73. The zero-order valence-corrected chi connectivity index (χ0v) is 15.0. The lowest BCUT2D eigenvalue weighted by atomic mass is 10.1. The Kier molecular flexibility index (Phi) is 6.80.